The van der Waals surface area contributed by atoms with Gasteiger partial charge in [-0.25, -0.2) is 13.4 Å². The molecule has 104 valence electrons. The summed E-state index contributed by atoms with van der Waals surface area (Å²) in [4.78, 5) is 5.28. The van der Waals surface area contributed by atoms with E-state index in [1.54, 1.807) is 20.0 Å². The van der Waals surface area contributed by atoms with E-state index in [2.05, 4.69) is 17.2 Å². The molecular weight excluding hydrogens is 268 g/mol. The van der Waals surface area contributed by atoms with E-state index >= 15 is 0 Å². The zero-order chi connectivity index (χ0) is 13.6. The largest absolute Gasteiger partial charge is 0.312 e. The molecule has 4 nitrogen and oxygen atoms in total. The van der Waals surface area contributed by atoms with E-state index in [1.807, 2.05) is 0 Å². The van der Waals surface area contributed by atoms with Crippen LogP contribution < -0.4 is 5.32 Å². The Morgan fingerprint density at radius 3 is 2.78 bits per heavy atom. The van der Waals surface area contributed by atoms with Crippen molar-refractivity contribution in [2.75, 3.05) is 6.54 Å². The average Bonchev–Trinajstić information content (AvgIpc) is 2.71. The Labute approximate surface area is 114 Å². The molecule has 1 rings (SSSR count). The molecule has 0 fully saturated rings. The first-order chi connectivity index (χ1) is 8.45. The highest BCUT2D eigenvalue weighted by molar-refractivity contribution is 7.91. The predicted molar refractivity (Wildman–Crippen MR) is 76.5 cm³/mol. The third kappa shape index (κ3) is 5.04. The summed E-state index contributed by atoms with van der Waals surface area (Å²) in [6, 6.07) is 0. The van der Waals surface area contributed by atoms with E-state index in [0.717, 1.165) is 24.4 Å². The topological polar surface area (TPSA) is 59.1 Å². The van der Waals surface area contributed by atoms with Crippen LogP contribution in [0.25, 0.3) is 0 Å². The van der Waals surface area contributed by atoms with Crippen LogP contribution in [0, 0.1) is 0 Å². The number of hydrogen-bond acceptors (Lipinski definition) is 5. The molecule has 1 aromatic heterocycles. The van der Waals surface area contributed by atoms with Gasteiger partial charge in [-0.2, -0.15) is 0 Å². The van der Waals surface area contributed by atoms with Crippen molar-refractivity contribution in [3.05, 3.63) is 16.1 Å². The van der Waals surface area contributed by atoms with Crippen LogP contribution in [0.3, 0.4) is 0 Å². The Morgan fingerprint density at radius 1 is 1.44 bits per heavy atom. The first-order valence-electron chi connectivity index (χ1n) is 6.31. The Hall–Kier alpha value is -0.460. The summed E-state index contributed by atoms with van der Waals surface area (Å²) < 4.78 is 23.5. The summed E-state index contributed by atoms with van der Waals surface area (Å²) in [5.74, 6) is 0.0598. The molecular formula is C12H22N2O2S2. The maximum absolute atomic E-state index is 11.8. The number of nitrogens with one attached hydrogen (secondary N) is 1. The summed E-state index contributed by atoms with van der Waals surface area (Å²) in [6.45, 7) is 7.34. The van der Waals surface area contributed by atoms with Gasteiger partial charge in [0.1, 0.15) is 10.8 Å². The van der Waals surface area contributed by atoms with E-state index in [-0.39, 0.29) is 11.0 Å². The number of hydrogen-bond donors (Lipinski definition) is 1. The quantitative estimate of drug-likeness (QED) is 0.747. The van der Waals surface area contributed by atoms with Gasteiger partial charge in [-0.3, -0.25) is 0 Å². The highest BCUT2D eigenvalue weighted by atomic mass is 32.2. The van der Waals surface area contributed by atoms with Crippen molar-refractivity contribution >= 4 is 21.2 Å². The van der Waals surface area contributed by atoms with Crippen molar-refractivity contribution in [1.82, 2.24) is 10.3 Å². The van der Waals surface area contributed by atoms with Crippen LogP contribution in [0.15, 0.2) is 6.20 Å². The maximum Gasteiger partial charge on any atom is 0.159 e. The standard InChI is InChI=1S/C12H22N2O2S2/c1-4-5-6-13-7-11-8-14-12(17-11)9-18(15,16)10(2)3/h8,10,13H,4-7,9H2,1-3H3. The van der Waals surface area contributed by atoms with Gasteiger partial charge >= 0.3 is 0 Å². The fraction of sp³-hybridized carbons (Fsp3) is 0.750. The Morgan fingerprint density at radius 2 is 2.17 bits per heavy atom. The van der Waals surface area contributed by atoms with Crippen molar-refractivity contribution in [3.63, 3.8) is 0 Å². The van der Waals surface area contributed by atoms with Crippen LogP contribution in [0.5, 0.6) is 0 Å². The Bertz CT molecular complexity index is 452. The van der Waals surface area contributed by atoms with Crippen LogP contribution in [0.2, 0.25) is 0 Å². The normalized spacial score (nSPS) is 12.2. The van der Waals surface area contributed by atoms with E-state index in [4.69, 9.17) is 0 Å². The fourth-order valence-electron chi connectivity index (χ4n) is 1.35. The number of nitrogens with zero attached hydrogens (tertiary/aromatic N) is 1. The van der Waals surface area contributed by atoms with Crippen LogP contribution in [-0.4, -0.2) is 25.2 Å². The molecule has 1 aromatic rings. The molecule has 0 unspecified atom stereocenters. The van der Waals surface area contributed by atoms with Crippen LogP contribution in [-0.2, 0) is 22.1 Å². The zero-order valence-electron chi connectivity index (χ0n) is 11.3. The highest BCUT2D eigenvalue weighted by Gasteiger charge is 2.18. The first kappa shape index (κ1) is 15.6. The van der Waals surface area contributed by atoms with Crippen LogP contribution >= 0.6 is 11.3 Å². The second-order valence-corrected chi connectivity index (χ2v) is 8.36. The second-order valence-electron chi connectivity index (χ2n) is 4.61. The molecule has 0 amide bonds. The van der Waals surface area contributed by atoms with E-state index in [1.165, 1.54) is 17.8 Å². The van der Waals surface area contributed by atoms with E-state index in [0.29, 0.717) is 5.01 Å². The second kappa shape index (κ2) is 7.21. The lowest BCUT2D eigenvalue weighted by Crippen LogP contribution is -2.15. The van der Waals surface area contributed by atoms with Gasteiger partial charge in [0.05, 0.1) is 5.25 Å². The average molecular weight is 290 g/mol. The number of rotatable bonds is 8. The molecule has 0 radical (unpaired) electrons. The molecule has 0 aliphatic carbocycles. The number of thiazole rings is 1. The molecule has 0 atom stereocenters. The molecule has 0 saturated carbocycles. The summed E-state index contributed by atoms with van der Waals surface area (Å²) in [5, 5.41) is 3.67. The molecule has 0 saturated heterocycles. The minimum Gasteiger partial charge on any atom is -0.312 e. The molecule has 0 spiro atoms. The Balaban J connectivity index is 2.48. The minimum absolute atomic E-state index is 0.0598. The predicted octanol–water partition coefficient (Wildman–Crippen LogP) is 2.36. The van der Waals surface area contributed by atoms with Crippen molar-refractivity contribution < 1.29 is 8.42 Å². The molecule has 1 heterocycles. The summed E-state index contributed by atoms with van der Waals surface area (Å²) in [6.07, 6.45) is 4.11. The third-order valence-corrected chi connectivity index (χ3v) is 5.94. The van der Waals surface area contributed by atoms with Gasteiger partial charge in [0, 0.05) is 17.6 Å². The van der Waals surface area contributed by atoms with Gasteiger partial charge in [-0.05, 0) is 26.8 Å². The van der Waals surface area contributed by atoms with E-state index in [9.17, 15) is 8.42 Å². The molecule has 1 N–H and O–H groups in total. The Kier molecular flexibility index (Phi) is 6.25. The lowest BCUT2D eigenvalue weighted by Gasteiger charge is -2.04. The summed E-state index contributed by atoms with van der Waals surface area (Å²) in [5.41, 5.74) is 0. The van der Waals surface area contributed by atoms with Crippen LogP contribution in [0.1, 0.15) is 43.5 Å². The highest BCUT2D eigenvalue weighted by Crippen LogP contribution is 2.17. The zero-order valence-corrected chi connectivity index (χ0v) is 12.9. The van der Waals surface area contributed by atoms with Gasteiger partial charge < -0.3 is 5.32 Å². The minimum atomic E-state index is -3.04. The summed E-state index contributed by atoms with van der Waals surface area (Å²) in [7, 11) is -3.04. The third-order valence-electron chi connectivity index (χ3n) is 2.65. The lowest BCUT2D eigenvalue weighted by atomic mass is 10.3. The van der Waals surface area contributed by atoms with Crippen LogP contribution in [0.4, 0.5) is 0 Å². The van der Waals surface area contributed by atoms with Gasteiger partial charge in [0.15, 0.2) is 9.84 Å². The van der Waals surface area contributed by atoms with Gasteiger partial charge in [-0.1, -0.05) is 13.3 Å². The van der Waals surface area contributed by atoms with Gasteiger partial charge in [0.25, 0.3) is 0 Å². The molecule has 0 aliphatic heterocycles. The number of sulfone groups is 1. The van der Waals surface area contributed by atoms with Gasteiger partial charge in [-0.15, -0.1) is 11.3 Å². The first-order valence-corrected chi connectivity index (χ1v) is 8.84. The lowest BCUT2D eigenvalue weighted by molar-refractivity contribution is 0.586. The fourth-order valence-corrected chi connectivity index (χ4v) is 3.52. The summed E-state index contributed by atoms with van der Waals surface area (Å²) >= 11 is 1.48. The molecule has 18 heavy (non-hydrogen) atoms. The van der Waals surface area contributed by atoms with E-state index < -0.39 is 9.84 Å². The van der Waals surface area contributed by atoms with Crippen molar-refractivity contribution in [2.24, 2.45) is 0 Å². The smallest absolute Gasteiger partial charge is 0.159 e. The number of unbranched alkanes of at least 4 members (excludes halogenated alkanes) is 1. The SMILES string of the molecule is CCCCNCc1cnc(CS(=O)(=O)C(C)C)s1. The molecule has 0 aliphatic rings. The molecule has 0 bridgehead atoms. The number of aromatic nitrogens is 1. The van der Waals surface area contributed by atoms with Gasteiger partial charge in [0.2, 0.25) is 0 Å². The molecule has 0 aromatic carbocycles. The van der Waals surface area contributed by atoms with Crippen molar-refractivity contribution in [2.45, 2.75) is 51.2 Å². The van der Waals surface area contributed by atoms with Crippen molar-refractivity contribution in [3.8, 4) is 0 Å². The molecule has 6 heteroatoms. The monoisotopic (exact) mass is 290 g/mol. The maximum atomic E-state index is 11.8. The van der Waals surface area contributed by atoms with Crippen molar-refractivity contribution in [1.29, 1.82) is 0 Å².